The number of rotatable bonds is 3. The first-order valence-corrected chi connectivity index (χ1v) is 9.27. The van der Waals surface area contributed by atoms with Crippen LogP contribution in [0.3, 0.4) is 0 Å². The number of nitrogens with zero attached hydrogens (tertiary/aromatic N) is 1. The predicted molar refractivity (Wildman–Crippen MR) is 83.1 cm³/mol. The molecule has 0 aliphatic heterocycles. The first-order valence-electron chi connectivity index (χ1n) is 7.38. The van der Waals surface area contributed by atoms with Crippen LogP contribution in [0.4, 0.5) is 0 Å². The first kappa shape index (κ1) is 16.0. The van der Waals surface area contributed by atoms with Crippen molar-refractivity contribution >= 4 is 15.7 Å². The Morgan fingerprint density at radius 1 is 1.14 bits per heavy atom. The topological polar surface area (TPSA) is 54.5 Å². The molecule has 0 aromatic heterocycles. The van der Waals surface area contributed by atoms with Crippen molar-refractivity contribution in [3.8, 4) is 0 Å². The molecule has 0 spiro atoms. The van der Waals surface area contributed by atoms with Gasteiger partial charge < -0.3 is 4.90 Å². The Morgan fingerprint density at radius 2 is 1.71 bits per heavy atom. The molecule has 5 heteroatoms. The SMILES string of the molecule is CC1CCCCC1N(C)C(=O)c1ccc(S(C)(=O)=O)cc1. The maximum Gasteiger partial charge on any atom is 0.253 e. The second-order valence-corrected chi connectivity index (χ2v) is 8.06. The third-order valence-electron chi connectivity index (χ3n) is 4.41. The second-order valence-electron chi connectivity index (χ2n) is 6.04. The number of hydrogen-bond acceptors (Lipinski definition) is 3. The zero-order valence-electron chi connectivity index (χ0n) is 12.9. The van der Waals surface area contributed by atoms with Crippen molar-refractivity contribution in [2.45, 2.75) is 43.5 Å². The van der Waals surface area contributed by atoms with E-state index in [-0.39, 0.29) is 16.8 Å². The van der Waals surface area contributed by atoms with Crippen LogP contribution in [0.15, 0.2) is 29.2 Å². The Labute approximate surface area is 127 Å². The van der Waals surface area contributed by atoms with Crippen molar-refractivity contribution in [2.24, 2.45) is 5.92 Å². The molecule has 1 aliphatic rings. The van der Waals surface area contributed by atoms with Gasteiger partial charge in [-0.05, 0) is 43.0 Å². The lowest BCUT2D eigenvalue weighted by molar-refractivity contribution is 0.0629. The van der Waals surface area contributed by atoms with Gasteiger partial charge >= 0.3 is 0 Å². The normalized spacial score (nSPS) is 22.8. The van der Waals surface area contributed by atoms with Crippen molar-refractivity contribution < 1.29 is 13.2 Å². The summed E-state index contributed by atoms with van der Waals surface area (Å²) in [7, 11) is -1.37. The fourth-order valence-electron chi connectivity index (χ4n) is 3.07. The van der Waals surface area contributed by atoms with E-state index in [9.17, 15) is 13.2 Å². The van der Waals surface area contributed by atoms with Gasteiger partial charge in [-0.3, -0.25) is 4.79 Å². The fraction of sp³-hybridized carbons (Fsp3) is 0.562. The molecule has 0 bridgehead atoms. The Morgan fingerprint density at radius 3 is 2.24 bits per heavy atom. The van der Waals surface area contributed by atoms with Gasteiger partial charge in [0.1, 0.15) is 0 Å². The molecule has 1 fully saturated rings. The van der Waals surface area contributed by atoms with Gasteiger partial charge in [-0.1, -0.05) is 19.8 Å². The molecule has 2 unspecified atom stereocenters. The first-order chi connectivity index (χ1) is 9.80. The molecule has 0 radical (unpaired) electrons. The minimum atomic E-state index is -3.22. The van der Waals surface area contributed by atoms with E-state index >= 15 is 0 Å². The number of sulfone groups is 1. The predicted octanol–water partition coefficient (Wildman–Crippen LogP) is 2.74. The van der Waals surface area contributed by atoms with Gasteiger partial charge in [0.15, 0.2) is 9.84 Å². The highest BCUT2D eigenvalue weighted by molar-refractivity contribution is 7.90. The third-order valence-corrected chi connectivity index (χ3v) is 5.54. The molecular formula is C16H23NO3S. The number of hydrogen-bond donors (Lipinski definition) is 0. The van der Waals surface area contributed by atoms with Crippen molar-refractivity contribution in [2.75, 3.05) is 13.3 Å². The molecule has 0 N–H and O–H groups in total. The highest BCUT2D eigenvalue weighted by Crippen LogP contribution is 2.28. The van der Waals surface area contributed by atoms with Crippen LogP contribution in [0.2, 0.25) is 0 Å². The molecule has 0 saturated heterocycles. The van der Waals surface area contributed by atoms with Crippen LogP contribution in [0.5, 0.6) is 0 Å². The third kappa shape index (κ3) is 3.64. The monoisotopic (exact) mass is 309 g/mol. The summed E-state index contributed by atoms with van der Waals surface area (Å²) in [5, 5.41) is 0. The molecule has 0 heterocycles. The van der Waals surface area contributed by atoms with Crippen LogP contribution in [0.1, 0.15) is 43.0 Å². The quantitative estimate of drug-likeness (QED) is 0.862. The maximum absolute atomic E-state index is 12.5. The zero-order chi connectivity index (χ0) is 15.6. The molecule has 1 aliphatic carbocycles. The number of amides is 1. The Bertz CT molecular complexity index is 607. The highest BCUT2D eigenvalue weighted by atomic mass is 32.2. The fourth-order valence-corrected chi connectivity index (χ4v) is 3.70. The van der Waals surface area contributed by atoms with Crippen LogP contribution in [0.25, 0.3) is 0 Å². The number of carbonyl (C=O) groups excluding carboxylic acids is 1. The largest absolute Gasteiger partial charge is 0.338 e. The molecule has 1 aromatic rings. The molecule has 2 atom stereocenters. The highest BCUT2D eigenvalue weighted by Gasteiger charge is 2.28. The molecule has 1 amide bonds. The van der Waals surface area contributed by atoms with Crippen molar-refractivity contribution in [3.63, 3.8) is 0 Å². The Balaban J connectivity index is 2.15. The summed E-state index contributed by atoms with van der Waals surface area (Å²) in [6, 6.07) is 6.48. The zero-order valence-corrected chi connectivity index (χ0v) is 13.7. The van der Waals surface area contributed by atoms with Gasteiger partial charge in [-0.2, -0.15) is 0 Å². The average Bonchev–Trinajstić information content (AvgIpc) is 2.45. The summed E-state index contributed by atoms with van der Waals surface area (Å²) in [5.74, 6) is 0.483. The summed E-state index contributed by atoms with van der Waals surface area (Å²) in [6.45, 7) is 2.19. The summed E-state index contributed by atoms with van der Waals surface area (Å²) in [6.07, 6.45) is 5.78. The molecular weight excluding hydrogens is 286 g/mol. The lowest BCUT2D eigenvalue weighted by Crippen LogP contribution is -2.42. The van der Waals surface area contributed by atoms with Crippen LogP contribution in [-0.4, -0.2) is 38.6 Å². The van der Waals surface area contributed by atoms with E-state index in [1.54, 1.807) is 12.1 Å². The summed E-state index contributed by atoms with van der Waals surface area (Å²) in [5.41, 5.74) is 0.544. The van der Waals surface area contributed by atoms with Gasteiger partial charge in [-0.15, -0.1) is 0 Å². The Hall–Kier alpha value is -1.36. The van der Waals surface area contributed by atoms with E-state index in [1.807, 2.05) is 11.9 Å². The van der Waals surface area contributed by atoms with Gasteiger partial charge in [0.25, 0.3) is 5.91 Å². The van der Waals surface area contributed by atoms with E-state index in [2.05, 4.69) is 6.92 Å². The Kier molecular flexibility index (Phi) is 4.71. The van der Waals surface area contributed by atoms with Gasteiger partial charge in [-0.25, -0.2) is 8.42 Å². The van der Waals surface area contributed by atoms with E-state index in [0.717, 1.165) is 12.8 Å². The van der Waals surface area contributed by atoms with E-state index in [0.29, 0.717) is 11.5 Å². The van der Waals surface area contributed by atoms with Crippen molar-refractivity contribution in [1.82, 2.24) is 4.90 Å². The molecule has 21 heavy (non-hydrogen) atoms. The molecule has 1 aromatic carbocycles. The van der Waals surface area contributed by atoms with Crippen molar-refractivity contribution in [1.29, 1.82) is 0 Å². The number of benzene rings is 1. The summed E-state index contributed by atoms with van der Waals surface area (Å²) >= 11 is 0. The van der Waals surface area contributed by atoms with Gasteiger partial charge in [0.2, 0.25) is 0 Å². The van der Waals surface area contributed by atoms with E-state index in [1.165, 1.54) is 31.2 Å². The summed E-state index contributed by atoms with van der Waals surface area (Å²) in [4.78, 5) is 14.6. The van der Waals surface area contributed by atoms with E-state index in [4.69, 9.17) is 0 Å². The maximum atomic E-state index is 12.5. The minimum absolute atomic E-state index is 0.0335. The van der Waals surface area contributed by atoms with Gasteiger partial charge in [0, 0.05) is 24.9 Å². The van der Waals surface area contributed by atoms with Crippen LogP contribution in [0, 0.1) is 5.92 Å². The van der Waals surface area contributed by atoms with Gasteiger partial charge in [0.05, 0.1) is 4.90 Å². The minimum Gasteiger partial charge on any atom is -0.338 e. The second kappa shape index (κ2) is 6.18. The molecule has 4 nitrogen and oxygen atoms in total. The lowest BCUT2D eigenvalue weighted by Gasteiger charge is -2.36. The standard InChI is InChI=1S/C16H23NO3S/c1-12-6-4-5-7-15(12)17(2)16(18)13-8-10-14(11-9-13)21(3,19)20/h8-12,15H,4-7H2,1-3H3. The van der Waals surface area contributed by atoms with E-state index < -0.39 is 9.84 Å². The van der Waals surface area contributed by atoms with Crippen LogP contribution < -0.4 is 0 Å². The smallest absolute Gasteiger partial charge is 0.253 e. The van der Waals surface area contributed by atoms with Crippen LogP contribution >= 0.6 is 0 Å². The average molecular weight is 309 g/mol. The van der Waals surface area contributed by atoms with Crippen LogP contribution in [-0.2, 0) is 9.84 Å². The number of carbonyl (C=O) groups is 1. The lowest BCUT2D eigenvalue weighted by atomic mass is 9.85. The summed E-state index contributed by atoms with van der Waals surface area (Å²) < 4.78 is 22.9. The van der Waals surface area contributed by atoms with Crippen molar-refractivity contribution in [3.05, 3.63) is 29.8 Å². The molecule has 1 saturated carbocycles. The molecule has 2 rings (SSSR count). The molecule has 116 valence electrons.